The first-order valence-corrected chi connectivity index (χ1v) is 6.45. The first-order valence-electron chi connectivity index (χ1n) is 4.92. The smallest absolute Gasteiger partial charge is 0.0834 e. The lowest BCUT2D eigenvalue weighted by Gasteiger charge is -2.16. The molecule has 86 valence electrons. The molecule has 6 heteroatoms. The Kier molecular flexibility index (Phi) is 5.45. The number of nitrogens with two attached hydrogens (primary N) is 1. The van der Waals surface area contributed by atoms with E-state index < -0.39 is 0 Å². The number of aromatic nitrogens is 2. The monoisotopic (exact) mass is 248 g/mol. The van der Waals surface area contributed by atoms with Crippen LogP contribution in [0.2, 0.25) is 5.02 Å². The quantitative estimate of drug-likeness (QED) is 0.457. The number of aryl methyl sites for hydroxylation is 1. The van der Waals surface area contributed by atoms with Gasteiger partial charge in [0, 0.05) is 12.8 Å². The van der Waals surface area contributed by atoms with Crippen molar-refractivity contribution in [1.82, 2.24) is 15.2 Å². The average molecular weight is 249 g/mol. The molecule has 0 saturated heterocycles. The maximum Gasteiger partial charge on any atom is 0.0834 e. The molecule has 0 spiro atoms. The predicted molar refractivity (Wildman–Crippen MR) is 65.9 cm³/mol. The van der Waals surface area contributed by atoms with E-state index >= 15 is 0 Å². The van der Waals surface area contributed by atoms with Crippen LogP contribution in [0, 0.1) is 0 Å². The van der Waals surface area contributed by atoms with E-state index in [9.17, 15) is 0 Å². The molecule has 0 amide bonds. The van der Waals surface area contributed by atoms with E-state index in [4.69, 9.17) is 17.4 Å². The summed E-state index contributed by atoms with van der Waals surface area (Å²) in [5.74, 6) is 7.56. The predicted octanol–water partition coefficient (Wildman–Crippen LogP) is 1.72. The summed E-state index contributed by atoms with van der Waals surface area (Å²) >= 11 is 7.90. The Morgan fingerprint density at radius 1 is 1.73 bits per heavy atom. The molecule has 3 N–H and O–H groups in total. The fourth-order valence-corrected chi connectivity index (χ4v) is 2.61. The Hall–Kier alpha value is -0.230. The molecule has 0 aromatic carbocycles. The summed E-state index contributed by atoms with van der Waals surface area (Å²) in [6.45, 7) is 2.16. The number of halogens is 1. The number of nitrogens with one attached hydrogen (secondary N) is 1. The molecule has 1 rings (SSSR count). The van der Waals surface area contributed by atoms with E-state index in [2.05, 4.69) is 17.4 Å². The summed E-state index contributed by atoms with van der Waals surface area (Å²) in [6.07, 6.45) is 2.81. The van der Waals surface area contributed by atoms with Gasteiger partial charge in [0.1, 0.15) is 0 Å². The standard InChI is InChI=1S/C9H17ClN4S/c1-3-4-15-6-8(13-11)9-7(10)5-12-14(9)2/h5,8,13H,3-4,6,11H2,1-2H3. The maximum absolute atomic E-state index is 6.04. The number of rotatable bonds is 6. The van der Waals surface area contributed by atoms with Crippen LogP contribution in [0.4, 0.5) is 0 Å². The lowest BCUT2D eigenvalue weighted by Crippen LogP contribution is -2.31. The topological polar surface area (TPSA) is 55.9 Å². The van der Waals surface area contributed by atoms with Crippen molar-refractivity contribution in [3.8, 4) is 0 Å². The highest BCUT2D eigenvalue weighted by Crippen LogP contribution is 2.24. The van der Waals surface area contributed by atoms with Gasteiger partial charge in [-0.2, -0.15) is 16.9 Å². The first kappa shape index (κ1) is 12.8. The lowest BCUT2D eigenvalue weighted by molar-refractivity contribution is 0.554. The second-order valence-corrected chi connectivity index (χ2v) is 4.85. The van der Waals surface area contributed by atoms with E-state index in [0.717, 1.165) is 17.2 Å². The van der Waals surface area contributed by atoms with Crippen molar-refractivity contribution in [3.05, 3.63) is 16.9 Å². The molecule has 0 aliphatic rings. The Bertz CT molecular complexity index is 283. The van der Waals surface area contributed by atoms with E-state index in [1.807, 2.05) is 18.8 Å². The van der Waals surface area contributed by atoms with Gasteiger partial charge in [-0.15, -0.1) is 0 Å². The molecule has 1 aromatic rings. The van der Waals surface area contributed by atoms with Gasteiger partial charge in [-0.25, -0.2) is 0 Å². The van der Waals surface area contributed by atoms with Crippen LogP contribution in [0.3, 0.4) is 0 Å². The molecule has 0 fully saturated rings. The minimum atomic E-state index is 0.0570. The fraction of sp³-hybridized carbons (Fsp3) is 0.667. The summed E-state index contributed by atoms with van der Waals surface area (Å²) < 4.78 is 1.76. The number of hydrogen-bond acceptors (Lipinski definition) is 4. The normalized spacial score (nSPS) is 13.1. The van der Waals surface area contributed by atoms with Gasteiger partial charge in [0.25, 0.3) is 0 Å². The highest BCUT2D eigenvalue weighted by Gasteiger charge is 2.17. The summed E-state index contributed by atoms with van der Waals surface area (Å²) in [7, 11) is 1.87. The first-order chi connectivity index (χ1) is 7.20. The number of nitrogens with zero attached hydrogens (tertiary/aromatic N) is 2. The molecule has 1 atom stereocenters. The van der Waals surface area contributed by atoms with E-state index in [1.54, 1.807) is 10.9 Å². The molecule has 0 bridgehead atoms. The summed E-state index contributed by atoms with van der Waals surface area (Å²) in [5, 5.41) is 4.76. The largest absolute Gasteiger partial charge is 0.271 e. The zero-order chi connectivity index (χ0) is 11.3. The highest BCUT2D eigenvalue weighted by molar-refractivity contribution is 7.99. The van der Waals surface area contributed by atoms with Crippen LogP contribution in [0.25, 0.3) is 0 Å². The number of hydrazine groups is 1. The van der Waals surface area contributed by atoms with Crippen molar-refractivity contribution < 1.29 is 0 Å². The van der Waals surface area contributed by atoms with Crippen molar-refractivity contribution in [2.75, 3.05) is 11.5 Å². The zero-order valence-corrected chi connectivity index (χ0v) is 10.6. The van der Waals surface area contributed by atoms with Crippen LogP contribution in [0.5, 0.6) is 0 Å². The van der Waals surface area contributed by atoms with Crippen molar-refractivity contribution in [2.24, 2.45) is 12.9 Å². The zero-order valence-electron chi connectivity index (χ0n) is 9.03. The Balaban J connectivity index is 2.65. The van der Waals surface area contributed by atoms with E-state index in [1.165, 1.54) is 6.42 Å². The SMILES string of the molecule is CCCSCC(NN)c1c(Cl)cnn1C. The molecule has 1 unspecified atom stereocenters. The van der Waals surface area contributed by atoms with Crippen molar-refractivity contribution in [3.63, 3.8) is 0 Å². The summed E-state index contributed by atoms with van der Waals surface area (Å²) in [4.78, 5) is 0. The van der Waals surface area contributed by atoms with E-state index in [-0.39, 0.29) is 6.04 Å². The average Bonchev–Trinajstić information content (AvgIpc) is 2.55. The van der Waals surface area contributed by atoms with Gasteiger partial charge in [-0.3, -0.25) is 16.0 Å². The molecule has 0 aliphatic carbocycles. The second-order valence-electron chi connectivity index (χ2n) is 3.30. The van der Waals surface area contributed by atoms with Crippen molar-refractivity contribution in [2.45, 2.75) is 19.4 Å². The van der Waals surface area contributed by atoms with Gasteiger partial charge in [0.2, 0.25) is 0 Å². The van der Waals surface area contributed by atoms with Crippen LogP contribution in [0.1, 0.15) is 25.1 Å². The van der Waals surface area contributed by atoms with E-state index in [0.29, 0.717) is 5.02 Å². The van der Waals surface area contributed by atoms with Crippen LogP contribution in [-0.4, -0.2) is 21.3 Å². The molecular weight excluding hydrogens is 232 g/mol. The summed E-state index contributed by atoms with van der Waals surface area (Å²) in [5.41, 5.74) is 3.73. The van der Waals surface area contributed by atoms with Crippen LogP contribution in [-0.2, 0) is 7.05 Å². The van der Waals surface area contributed by atoms with Gasteiger partial charge in [-0.1, -0.05) is 18.5 Å². The van der Waals surface area contributed by atoms with Crippen LogP contribution >= 0.6 is 23.4 Å². The van der Waals surface area contributed by atoms with Gasteiger partial charge < -0.3 is 0 Å². The molecule has 1 heterocycles. The molecule has 0 saturated carbocycles. The minimum Gasteiger partial charge on any atom is -0.271 e. The third kappa shape index (κ3) is 3.38. The molecule has 4 nitrogen and oxygen atoms in total. The second kappa shape index (κ2) is 6.37. The van der Waals surface area contributed by atoms with Gasteiger partial charge in [0.15, 0.2) is 0 Å². The summed E-state index contributed by atoms with van der Waals surface area (Å²) in [6, 6.07) is 0.0570. The molecule has 15 heavy (non-hydrogen) atoms. The van der Waals surface area contributed by atoms with Crippen LogP contribution < -0.4 is 11.3 Å². The maximum atomic E-state index is 6.04. The lowest BCUT2D eigenvalue weighted by atomic mass is 10.2. The molecule has 0 radical (unpaired) electrons. The Labute approximate surface area is 99.5 Å². The van der Waals surface area contributed by atoms with Crippen molar-refractivity contribution >= 4 is 23.4 Å². The van der Waals surface area contributed by atoms with Crippen LogP contribution in [0.15, 0.2) is 6.20 Å². The third-order valence-electron chi connectivity index (χ3n) is 2.10. The Morgan fingerprint density at radius 2 is 2.47 bits per heavy atom. The number of hydrogen-bond donors (Lipinski definition) is 2. The minimum absolute atomic E-state index is 0.0570. The van der Waals surface area contributed by atoms with Gasteiger partial charge in [0.05, 0.1) is 23.0 Å². The molecular formula is C9H17ClN4S. The fourth-order valence-electron chi connectivity index (χ4n) is 1.36. The number of thioether (sulfide) groups is 1. The Morgan fingerprint density at radius 3 is 2.93 bits per heavy atom. The third-order valence-corrected chi connectivity index (χ3v) is 3.66. The highest BCUT2D eigenvalue weighted by atomic mass is 35.5. The molecule has 0 aliphatic heterocycles. The van der Waals surface area contributed by atoms with Gasteiger partial charge >= 0.3 is 0 Å². The van der Waals surface area contributed by atoms with Gasteiger partial charge in [-0.05, 0) is 12.2 Å². The molecule has 1 aromatic heterocycles. The van der Waals surface area contributed by atoms with Crippen molar-refractivity contribution in [1.29, 1.82) is 0 Å².